The van der Waals surface area contributed by atoms with Crippen LogP contribution in [0, 0.1) is 0 Å². The number of hydrogen-bond acceptors (Lipinski definition) is 6. The summed E-state index contributed by atoms with van der Waals surface area (Å²) >= 11 is 10.3. The molecule has 3 aromatic rings. The van der Waals surface area contributed by atoms with Gasteiger partial charge in [0.2, 0.25) is 5.91 Å². The lowest BCUT2D eigenvalue weighted by Gasteiger charge is -2.16. The van der Waals surface area contributed by atoms with Crippen LogP contribution in [0.25, 0.3) is 6.08 Å². The van der Waals surface area contributed by atoms with E-state index in [1.807, 2.05) is 30.3 Å². The second-order valence-corrected chi connectivity index (χ2v) is 10.7. The number of halogens is 2. The van der Waals surface area contributed by atoms with E-state index < -0.39 is 23.6 Å². The molecule has 0 aromatic heterocycles. The molecule has 1 aliphatic heterocycles. The number of nitrogens with zero attached hydrogens (tertiary/aromatic N) is 1. The Bertz CT molecular complexity index is 1460. The molecule has 39 heavy (non-hydrogen) atoms. The zero-order chi connectivity index (χ0) is 27.9. The number of para-hydroxylation sites is 1. The fourth-order valence-corrected chi connectivity index (χ4v) is 5.09. The van der Waals surface area contributed by atoms with Crippen molar-refractivity contribution in [1.29, 1.82) is 0 Å². The predicted molar refractivity (Wildman–Crippen MR) is 158 cm³/mol. The van der Waals surface area contributed by atoms with E-state index in [4.69, 9.17) is 21.1 Å². The summed E-state index contributed by atoms with van der Waals surface area (Å²) in [6.07, 6.45) is 3.85. The van der Waals surface area contributed by atoms with Crippen LogP contribution in [-0.2, 0) is 22.6 Å². The van der Waals surface area contributed by atoms with E-state index in [2.05, 4.69) is 27.8 Å². The normalized spacial score (nSPS) is 14.0. The van der Waals surface area contributed by atoms with E-state index >= 15 is 0 Å². The van der Waals surface area contributed by atoms with Gasteiger partial charge in [-0.25, -0.2) is 0 Å². The molecule has 4 rings (SSSR count). The molecule has 1 heterocycles. The van der Waals surface area contributed by atoms with Crippen LogP contribution in [0.15, 0.2) is 82.7 Å². The maximum absolute atomic E-state index is 13.0. The second kappa shape index (κ2) is 13.0. The number of amides is 3. The molecule has 1 saturated heterocycles. The lowest BCUT2D eigenvalue weighted by molar-refractivity contribution is -0.127. The first-order chi connectivity index (χ1) is 18.8. The van der Waals surface area contributed by atoms with Gasteiger partial charge in [0.1, 0.15) is 13.2 Å². The lowest BCUT2D eigenvalue weighted by atomic mass is 10.0. The van der Waals surface area contributed by atoms with Crippen molar-refractivity contribution < 1.29 is 23.9 Å². The van der Waals surface area contributed by atoms with Crippen molar-refractivity contribution in [3.63, 3.8) is 0 Å². The minimum Gasteiger partial charge on any atom is -0.493 e. The van der Waals surface area contributed by atoms with Gasteiger partial charge in [0, 0.05) is 10.0 Å². The summed E-state index contributed by atoms with van der Waals surface area (Å²) in [5.74, 6) is -0.0363. The van der Waals surface area contributed by atoms with Crippen LogP contribution in [0.1, 0.15) is 16.7 Å². The summed E-state index contributed by atoms with van der Waals surface area (Å²) in [7, 11) is 1.54. The van der Waals surface area contributed by atoms with Crippen molar-refractivity contribution >= 4 is 68.1 Å². The molecule has 0 atom stereocenters. The minimum atomic E-state index is -0.556. The third-order valence-corrected chi connectivity index (χ3v) is 7.42. The lowest BCUT2D eigenvalue weighted by Crippen LogP contribution is -2.36. The van der Waals surface area contributed by atoms with Crippen LogP contribution in [0.5, 0.6) is 11.5 Å². The Kier molecular flexibility index (Phi) is 9.50. The molecular weight excluding hydrogens is 604 g/mol. The van der Waals surface area contributed by atoms with Gasteiger partial charge < -0.3 is 14.8 Å². The molecule has 1 aliphatic rings. The van der Waals surface area contributed by atoms with E-state index in [0.717, 1.165) is 32.3 Å². The SMILES string of the molecule is C=CCc1cc(/C=C2/SC(=O)N(CC(=O)Nc3ccccc3Cl)C2=O)cc(OC)c1OCc1ccc(Br)cc1. The molecule has 0 saturated carbocycles. The number of anilines is 1. The van der Waals surface area contributed by atoms with Crippen LogP contribution < -0.4 is 14.8 Å². The molecule has 0 unspecified atom stereocenters. The smallest absolute Gasteiger partial charge is 0.294 e. The summed E-state index contributed by atoms with van der Waals surface area (Å²) in [4.78, 5) is 39.2. The van der Waals surface area contributed by atoms with Crippen molar-refractivity contribution in [1.82, 2.24) is 4.90 Å². The standard InChI is InChI=1S/C29H24BrClN2O5S/c1-3-6-20-13-19(14-24(37-2)27(20)38-17-18-9-11-21(30)12-10-18)15-25-28(35)33(29(36)39-25)16-26(34)32-23-8-5-4-7-22(23)31/h3-5,7-15H,1,6,16-17H2,2H3,(H,32,34)/b25-15+. The number of imide groups is 1. The maximum atomic E-state index is 13.0. The van der Waals surface area contributed by atoms with Gasteiger partial charge in [0.05, 0.1) is 22.7 Å². The van der Waals surface area contributed by atoms with Gasteiger partial charge in [0.25, 0.3) is 11.1 Å². The highest BCUT2D eigenvalue weighted by Gasteiger charge is 2.36. The third kappa shape index (κ3) is 7.11. The van der Waals surface area contributed by atoms with E-state index in [1.165, 1.54) is 7.11 Å². The minimum absolute atomic E-state index is 0.195. The summed E-state index contributed by atoms with van der Waals surface area (Å²) in [5, 5.41) is 2.45. The number of benzene rings is 3. The highest BCUT2D eigenvalue weighted by Crippen LogP contribution is 2.37. The summed E-state index contributed by atoms with van der Waals surface area (Å²) < 4.78 is 12.7. The van der Waals surface area contributed by atoms with Crippen molar-refractivity contribution in [2.45, 2.75) is 13.0 Å². The Morgan fingerprint density at radius 2 is 1.90 bits per heavy atom. The average molecular weight is 628 g/mol. The van der Waals surface area contributed by atoms with Gasteiger partial charge in [-0.3, -0.25) is 19.3 Å². The number of hydrogen-bond donors (Lipinski definition) is 1. The van der Waals surface area contributed by atoms with Crippen molar-refractivity contribution in [2.24, 2.45) is 0 Å². The molecule has 0 aliphatic carbocycles. The number of carbonyl (C=O) groups excluding carboxylic acids is 3. The topological polar surface area (TPSA) is 84.9 Å². The van der Waals surface area contributed by atoms with Gasteiger partial charge in [-0.1, -0.05) is 57.9 Å². The van der Waals surface area contributed by atoms with Gasteiger partial charge in [-0.2, -0.15) is 0 Å². The Balaban J connectivity index is 1.53. The third-order valence-electron chi connectivity index (χ3n) is 5.66. The second-order valence-electron chi connectivity index (χ2n) is 8.42. The van der Waals surface area contributed by atoms with Gasteiger partial charge in [-0.05, 0) is 71.8 Å². The van der Waals surface area contributed by atoms with Crippen molar-refractivity contribution in [3.05, 3.63) is 104 Å². The molecule has 0 radical (unpaired) electrons. The van der Waals surface area contributed by atoms with E-state index in [9.17, 15) is 14.4 Å². The summed E-state index contributed by atoms with van der Waals surface area (Å²) in [6.45, 7) is 3.74. The average Bonchev–Trinajstić information content (AvgIpc) is 3.17. The maximum Gasteiger partial charge on any atom is 0.294 e. The first-order valence-electron chi connectivity index (χ1n) is 11.8. The molecule has 10 heteroatoms. The zero-order valence-electron chi connectivity index (χ0n) is 20.9. The highest BCUT2D eigenvalue weighted by atomic mass is 79.9. The number of thioether (sulfide) groups is 1. The molecular formula is C29H24BrClN2O5S. The van der Waals surface area contributed by atoms with E-state index in [1.54, 1.807) is 42.5 Å². The van der Waals surface area contributed by atoms with Crippen LogP contribution in [-0.4, -0.2) is 35.6 Å². The molecule has 0 spiro atoms. The zero-order valence-corrected chi connectivity index (χ0v) is 24.1. The number of rotatable bonds is 10. The van der Waals surface area contributed by atoms with Gasteiger partial charge in [-0.15, -0.1) is 6.58 Å². The Hall–Kier alpha value is -3.53. The Morgan fingerprint density at radius 1 is 1.15 bits per heavy atom. The molecule has 1 N–H and O–H groups in total. The van der Waals surface area contributed by atoms with Crippen molar-refractivity contribution in [3.8, 4) is 11.5 Å². The van der Waals surface area contributed by atoms with Gasteiger partial charge in [0.15, 0.2) is 11.5 Å². The number of methoxy groups -OCH3 is 1. The molecule has 0 bridgehead atoms. The fourth-order valence-electron chi connectivity index (χ4n) is 3.81. The fraction of sp³-hybridized carbons (Fsp3) is 0.138. The first-order valence-corrected chi connectivity index (χ1v) is 13.8. The number of nitrogens with one attached hydrogen (secondary N) is 1. The Labute approximate surface area is 243 Å². The quantitative estimate of drug-likeness (QED) is 0.191. The van der Waals surface area contributed by atoms with Crippen LogP contribution in [0.2, 0.25) is 5.02 Å². The molecule has 7 nitrogen and oxygen atoms in total. The molecule has 1 fully saturated rings. The highest BCUT2D eigenvalue weighted by molar-refractivity contribution is 9.10. The van der Waals surface area contributed by atoms with E-state index in [0.29, 0.717) is 40.8 Å². The molecule has 200 valence electrons. The van der Waals surface area contributed by atoms with E-state index in [-0.39, 0.29) is 4.91 Å². The summed E-state index contributed by atoms with van der Waals surface area (Å²) in [5.41, 5.74) is 2.84. The van der Waals surface area contributed by atoms with Crippen LogP contribution in [0.3, 0.4) is 0 Å². The summed E-state index contributed by atoms with van der Waals surface area (Å²) in [6, 6.07) is 18.1. The monoisotopic (exact) mass is 626 g/mol. The first kappa shape index (κ1) is 28.5. The van der Waals surface area contributed by atoms with Crippen molar-refractivity contribution in [2.75, 3.05) is 19.0 Å². The number of carbonyl (C=O) groups is 3. The largest absolute Gasteiger partial charge is 0.493 e. The number of allylic oxidation sites excluding steroid dienone is 1. The van der Waals surface area contributed by atoms with Crippen LogP contribution >= 0.6 is 39.3 Å². The predicted octanol–water partition coefficient (Wildman–Crippen LogP) is 7.09. The molecule has 3 amide bonds. The van der Waals surface area contributed by atoms with Crippen LogP contribution in [0.4, 0.5) is 10.5 Å². The number of ether oxygens (including phenoxy) is 2. The van der Waals surface area contributed by atoms with Gasteiger partial charge >= 0.3 is 0 Å². The Morgan fingerprint density at radius 3 is 2.59 bits per heavy atom. The molecule has 3 aromatic carbocycles.